The third kappa shape index (κ3) is 8.06. The number of esters is 2. The first kappa shape index (κ1) is 31.8. The summed E-state index contributed by atoms with van der Waals surface area (Å²) >= 11 is 0. The molecule has 0 spiro atoms. The average molecular weight is 564 g/mol. The molecule has 0 unspecified atom stereocenters. The number of rotatable bonds is 12. The zero-order valence-electron chi connectivity index (χ0n) is 22.5. The molecule has 1 fully saturated rings. The monoisotopic (exact) mass is 563 g/mol. The molecule has 0 aliphatic carbocycles. The molecule has 2 rings (SSSR count). The third-order valence-electron chi connectivity index (χ3n) is 5.42. The maximum atomic E-state index is 13.7. The number of carbonyl (C=O) groups excluding carboxylic acids is 2. The molecule has 0 bridgehead atoms. The highest BCUT2D eigenvalue weighted by Crippen LogP contribution is 2.43. The molecule has 38 heavy (non-hydrogen) atoms. The van der Waals surface area contributed by atoms with Crippen LogP contribution in [0.25, 0.3) is 0 Å². The quantitative estimate of drug-likeness (QED) is 0.165. The molecule has 6 atom stereocenters. The van der Waals surface area contributed by atoms with E-state index in [2.05, 4.69) is 15.2 Å². The van der Waals surface area contributed by atoms with Crippen LogP contribution >= 0.6 is 7.67 Å². The minimum absolute atomic E-state index is 0.0439. The summed E-state index contributed by atoms with van der Waals surface area (Å²) in [5.41, 5.74) is 2.70. The van der Waals surface area contributed by atoms with Crippen molar-refractivity contribution >= 4 is 25.4 Å². The van der Waals surface area contributed by atoms with Crippen LogP contribution in [0.15, 0.2) is 17.1 Å². The molecule has 0 radical (unpaired) electrons. The van der Waals surface area contributed by atoms with Crippen LogP contribution in [-0.4, -0.2) is 80.4 Å². The van der Waals surface area contributed by atoms with E-state index in [1.54, 1.807) is 27.7 Å². The number of hydrogen-bond acceptors (Lipinski definition) is 12. The van der Waals surface area contributed by atoms with E-state index in [1.165, 1.54) is 33.0 Å². The normalized spacial score (nSPS) is 25.4. The number of aliphatic hydroxyl groups is 2. The summed E-state index contributed by atoms with van der Waals surface area (Å²) in [7, 11) is -4.23. The van der Waals surface area contributed by atoms with E-state index < -0.39 is 80.2 Å². The predicted molar refractivity (Wildman–Crippen MR) is 135 cm³/mol. The lowest BCUT2D eigenvalue weighted by Gasteiger charge is -2.28. The summed E-state index contributed by atoms with van der Waals surface area (Å²) in [6, 6.07) is -0.948. The fourth-order valence-electron chi connectivity index (χ4n) is 3.56. The number of nitrogens with two attached hydrogens (primary N) is 1. The largest absolute Gasteiger partial charge is 0.462 e. The van der Waals surface area contributed by atoms with Gasteiger partial charge in [0.2, 0.25) is 0 Å². The highest BCUT2D eigenvalue weighted by atomic mass is 31.2. The Morgan fingerprint density at radius 1 is 1.16 bits per heavy atom. The highest BCUT2D eigenvalue weighted by Gasteiger charge is 2.54. The molecule has 0 saturated carbocycles. The number of aliphatic hydroxyl groups excluding tert-OH is 1. The molecule has 0 aromatic carbocycles. The Labute approximate surface area is 220 Å². The Bertz CT molecular complexity index is 1060. The maximum absolute atomic E-state index is 13.7. The molecule has 0 amide bonds. The molecule has 16 heteroatoms. The molecule has 6 N–H and O–H groups in total. The molecule has 1 aliphatic heterocycles. The van der Waals surface area contributed by atoms with Crippen molar-refractivity contribution in [1.29, 1.82) is 0 Å². The SMILES string of the molecule is CC(C)OC(=O)[C@H](C)NP(=O)(N[C@@H](C)C(=O)OC(C)C)OC[C@H]1O[C@@H](n2ccc(N)nc2=O)[C@](C)(O)[C@@H]1O. The van der Waals surface area contributed by atoms with Gasteiger partial charge in [-0.05, 0) is 54.5 Å². The van der Waals surface area contributed by atoms with Gasteiger partial charge in [-0.1, -0.05) is 0 Å². The number of hydrogen-bond donors (Lipinski definition) is 5. The van der Waals surface area contributed by atoms with Gasteiger partial charge in [-0.25, -0.2) is 15.0 Å². The molecular formula is C22H38N5O10P. The number of anilines is 1. The Morgan fingerprint density at radius 3 is 2.11 bits per heavy atom. The number of carbonyl (C=O) groups is 2. The summed E-state index contributed by atoms with van der Waals surface area (Å²) in [6.45, 7) is 10.0. The summed E-state index contributed by atoms with van der Waals surface area (Å²) in [4.78, 5) is 40.5. The second-order valence-corrected chi connectivity index (χ2v) is 11.6. The van der Waals surface area contributed by atoms with Gasteiger partial charge in [0.1, 0.15) is 35.7 Å². The van der Waals surface area contributed by atoms with Crippen LogP contribution in [0.5, 0.6) is 0 Å². The summed E-state index contributed by atoms with van der Waals surface area (Å²) < 4.78 is 36.2. The molecule has 2 heterocycles. The van der Waals surface area contributed by atoms with Crippen LogP contribution in [0.2, 0.25) is 0 Å². The van der Waals surface area contributed by atoms with E-state index in [-0.39, 0.29) is 5.82 Å². The van der Waals surface area contributed by atoms with Crippen molar-refractivity contribution in [3.63, 3.8) is 0 Å². The van der Waals surface area contributed by atoms with Gasteiger partial charge < -0.3 is 34.7 Å². The van der Waals surface area contributed by atoms with Crippen molar-refractivity contribution in [1.82, 2.24) is 19.7 Å². The van der Waals surface area contributed by atoms with Crippen molar-refractivity contribution < 1.29 is 43.1 Å². The summed E-state index contributed by atoms with van der Waals surface area (Å²) in [5.74, 6) is -1.49. The second-order valence-electron chi connectivity index (χ2n) is 9.76. The number of nitrogen functional groups attached to an aromatic ring is 1. The molecule has 1 aliphatic rings. The van der Waals surface area contributed by atoms with E-state index in [1.807, 2.05) is 0 Å². The van der Waals surface area contributed by atoms with Gasteiger partial charge in [0.25, 0.3) is 0 Å². The highest BCUT2D eigenvalue weighted by molar-refractivity contribution is 7.54. The van der Waals surface area contributed by atoms with Gasteiger partial charge in [0.15, 0.2) is 6.23 Å². The van der Waals surface area contributed by atoms with E-state index >= 15 is 0 Å². The lowest BCUT2D eigenvalue weighted by atomic mass is 9.96. The molecular weight excluding hydrogens is 525 g/mol. The third-order valence-corrected chi connectivity index (χ3v) is 7.38. The number of aromatic nitrogens is 2. The van der Waals surface area contributed by atoms with E-state index in [4.69, 9.17) is 24.5 Å². The lowest BCUT2D eigenvalue weighted by Crippen LogP contribution is -2.47. The van der Waals surface area contributed by atoms with Gasteiger partial charge >= 0.3 is 25.3 Å². The first-order valence-corrected chi connectivity index (χ1v) is 13.7. The Morgan fingerprint density at radius 2 is 1.66 bits per heavy atom. The van der Waals surface area contributed by atoms with Crippen LogP contribution < -0.4 is 21.6 Å². The van der Waals surface area contributed by atoms with Crippen LogP contribution in [0, 0.1) is 0 Å². The summed E-state index contributed by atoms with van der Waals surface area (Å²) in [5, 5.41) is 26.7. The van der Waals surface area contributed by atoms with Gasteiger partial charge in [0.05, 0.1) is 18.8 Å². The molecule has 1 aromatic heterocycles. The Hall–Kier alpha value is -2.39. The summed E-state index contributed by atoms with van der Waals surface area (Å²) in [6.07, 6.45) is -3.89. The first-order chi connectivity index (χ1) is 17.5. The van der Waals surface area contributed by atoms with E-state index in [0.29, 0.717) is 0 Å². The number of ether oxygens (including phenoxy) is 3. The van der Waals surface area contributed by atoms with Gasteiger partial charge in [-0.15, -0.1) is 0 Å². The fourth-order valence-corrected chi connectivity index (χ4v) is 5.37. The number of nitrogens with zero attached hydrogens (tertiary/aromatic N) is 2. The van der Waals surface area contributed by atoms with Crippen molar-refractivity contribution in [3.05, 3.63) is 22.7 Å². The molecule has 216 valence electrons. The maximum Gasteiger partial charge on any atom is 0.351 e. The van der Waals surface area contributed by atoms with Crippen LogP contribution in [-0.2, 0) is 32.9 Å². The van der Waals surface area contributed by atoms with Gasteiger partial charge in [-0.2, -0.15) is 4.98 Å². The van der Waals surface area contributed by atoms with E-state index in [0.717, 1.165) is 4.57 Å². The zero-order valence-corrected chi connectivity index (χ0v) is 23.4. The molecule has 1 aromatic rings. The molecule has 15 nitrogen and oxygen atoms in total. The minimum Gasteiger partial charge on any atom is -0.462 e. The lowest BCUT2D eigenvalue weighted by molar-refractivity contribution is -0.149. The minimum atomic E-state index is -4.23. The first-order valence-electron chi connectivity index (χ1n) is 12.1. The van der Waals surface area contributed by atoms with E-state index in [9.17, 15) is 29.2 Å². The van der Waals surface area contributed by atoms with Crippen molar-refractivity contribution in [2.75, 3.05) is 12.3 Å². The van der Waals surface area contributed by atoms with Crippen LogP contribution in [0.1, 0.15) is 54.7 Å². The van der Waals surface area contributed by atoms with Gasteiger partial charge in [0, 0.05) is 6.20 Å². The van der Waals surface area contributed by atoms with Crippen molar-refractivity contribution in [3.8, 4) is 0 Å². The van der Waals surface area contributed by atoms with Crippen LogP contribution in [0.4, 0.5) is 5.82 Å². The topological polar surface area (TPSA) is 214 Å². The molecule has 1 saturated heterocycles. The van der Waals surface area contributed by atoms with Crippen molar-refractivity contribution in [2.45, 2.75) is 96.8 Å². The number of nitrogens with one attached hydrogen (secondary N) is 2. The predicted octanol–water partition coefficient (Wildman–Crippen LogP) is -0.181. The van der Waals surface area contributed by atoms with Crippen LogP contribution in [0.3, 0.4) is 0 Å². The average Bonchev–Trinajstić information content (AvgIpc) is 3.00. The zero-order chi connectivity index (χ0) is 29.0. The smallest absolute Gasteiger partial charge is 0.351 e. The second kappa shape index (κ2) is 12.6. The fraction of sp³-hybridized carbons (Fsp3) is 0.727. The van der Waals surface area contributed by atoms with Gasteiger partial charge in [-0.3, -0.25) is 18.7 Å². The standard InChI is InChI=1S/C22H38N5O10P/c1-11(2)35-18(29)13(5)25-38(33,26-14(6)19(30)36-12(3)4)34-10-15-17(28)22(7,32)20(37-15)27-9-8-16(23)24-21(27)31/h8-9,11-15,17,20,28,32H,10H2,1-7H3,(H2,23,24,31)(H2,25,26,33)/t13-,14-,15+,17+,20+,22+/m0/s1. The Kier molecular flexibility index (Phi) is 10.6. The Balaban J connectivity index is 2.25. The van der Waals surface area contributed by atoms with Crippen molar-refractivity contribution in [2.24, 2.45) is 0 Å².